The van der Waals surface area contributed by atoms with Crippen LogP contribution >= 0.6 is 22.9 Å². The number of para-hydroxylation sites is 1. The average molecular weight is 484 g/mol. The van der Waals surface area contributed by atoms with Gasteiger partial charge in [-0.15, -0.1) is 0 Å². The van der Waals surface area contributed by atoms with Gasteiger partial charge in [-0.1, -0.05) is 24.3 Å². The summed E-state index contributed by atoms with van der Waals surface area (Å²) >= 11 is 2.32. The molecule has 140 valence electrons. The van der Waals surface area contributed by atoms with Gasteiger partial charge in [0, 0.05) is 6.92 Å². The van der Waals surface area contributed by atoms with E-state index in [4.69, 9.17) is 8.83 Å². The Morgan fingerprint density at radius 3 is 2.43 bits per heavy atom. The molecule has 0 bridgehead atoms. The summed E-state index contributed by atoms with van der Waals surface area (Å²) in [5.41, 5.74) is 7.88. The highest BCUT2D eigenvalue weighted by Gasteiger charge is 2.29. The molecule has 5 aromatic rings. The zero-order valence-electron chi connectivity index (χ0n) is 16.1. The van der Waals surface area contributed by atoms with Gasteiger partial charge < -0.3 is 8.83 Å². The van der Waals surface area contributed by atoms with E-state index in [9.17, 15) is 0 Å². The highest BCUT2D eigenvalue weighted by Crippen LogP contribution is 2.38. The van der Waals surface area contributed by atoms with Crippen LogP contribution in [0.1, 0.15) is 22.6 Å². The first-order valence-electron chi connectivity index (χ1n) is 9.11. The maximum absolute atomic E-state index is 6.18. The number of benzene rings is 2. The van der Waals surface area contributed by atoms with Crippen molar-refractivity contribution >= 4 is 45.1 Å². The highest BCUT2D eigenvalue weighted by molar-refractivity contribution is 14.1. The summed E-state index contributed by atoms with van der Waals surface area (Å²) in [5, 5.41) is 0.946. The molecule has 0 saturated heterocycles. The van der Waals surface area contributed by atoms with E-state index in [1.807, 2.05) is 6.92 Å². The molecule has 3 heterocycles. The van der Waals surface area contributed by atoms with Gasteiger partial charge in [-0.3, -0.25) is 0 Å². The van der Waals surface area contributed by atoms with E-state index >= 15 is 0 Å². The summed E-state index contributed by atoms with van der Waals surface area (Å²) in [7, 11) is 0. The topological polar surface area (TPSA) is 48.0 Å². The Balaban J connectivity index is 1.88. The molecule has 0 aliphatic rings. The summed E-state index contributed by atoms with van der Waals surface area (Å²) in [6, 6.07) is 10.5. The van der Waals surface area contributed by atoms with Crippen LogP contribution in [0.25, 0.3) is 39.3 Å². The van der Waals surface area contributed by atoms with E-state index in [0.29, 0.717) is 17.2 Å². The van der Waals surface area contributed by atoms with Crippen molar-refractivity contribution in [2.24, 2.45) is 0 Å². The summed E-state index contributed by atoms with van der Waals surface area (Å²) in [6.07, 6.45) is 4.17. The van der Waals surface area contributed by atoms with Gasteiger partial charge in [-0.05, 0) is 43.5 Å². The molecule has 2 aromatic carbocycles. The smallest absolute Gasteiger partial charge is 0.306 e. The number of oxazole rings is 1. The van der Waals surface area contributed by atoms with Crippen LogP contribution < -0.4 is 2.78 Å². The van der Waals surface area contributed by atoms with Gasteiger partial charge >= 0.3 is 5.82 Å². The van der Waals surface area contributed by atoms with E-state index in [0.717, 1.165) is 27.9 Å². The minimum absolute atomic E-state index is 0.546. The zero-order valence-corrected chi connectivity index (χ0v) is 18.2. The van der Waals surface area contributed by atoms with Gasteiger partial charge in [0.15, 0.2) is 11.5 Å². The van der Waals surface area contributed by atoms with Gasteiger partial charge in [0.1, 0.15) is 23.6 Å². The van der Waals surface area contributed by atoms with Crippen molar-refractivity contribution in [1.82, 2.24) is 9.55 Å². The molecule has 5 nitrogen and oxygen atoms in total. The minimum Gasteiger partial charge on any atom is -0.437 e. The van der Waals surface area contributed by atoms with E-state index < -0.39 is 0 Å². The number of rotatable bonds is 2. The van der Waals surface area contributed by atoms with Crippen LogP contribution in [-0.4, -0.2) is 9.55 Å². The van der Waals surface area contributed by atoms with Gasteiger partial charge in [-0.25, -0.2) is 0 Å². The van der Waals surface area contributed by atoms with Crippen LogP contribution in [0.2, 0.25) is 0 Å². The number of halogens is 1. The Hall–Kier alpha value is -2.61. The molecule has 0 saturated carbocycles. The summed E-state index contributed by atoms with van der Waals surface area (Å²) in [5.74, 6) is 1.66. The van der Waals surface area contributed by atoms with E-state index in [2.05, 4.69) is 98.7 Å². The quantitative estimate of drug-likeness (QED) is 0.300. The number of hydrogen-bond acceptors (Lipinski definition) is 3. The predicted molar refractivity (Wildman–Crippen MR) is 117 cm³/mol. The lowest BCUT2D eigenvalue weighted by atomic mass is 10.0. The summed E-state index contributed by atoms with van der Waals surface area (Å²) < 4.78 is 16.3. The molecule has 0 unspecified atom stereocenters. The Morgan fingerprint density at radius 1 is 0.929 bits per heavy atom. The fraction of sp³-hybridized carbons (Fsp3) is 0.182. The maximum atomic E-state index is 6.18. The normalized spacial score (nSPS) is 11.8. The molecule has 3 aromatic heterocycles. The lowest BCUT2D eigenvalue weighted by Crippen LogP contribution is -2.21. The van der Waals surface area contributed by atoms with Gasteiger partial charge in [-0.2, -0.15) is 12.3 Å². The van der Waals surface area contributed by atoms with E-state index in [1.54, 1.807) is 0 Å². The second-order valence-electron chi connectivity index (χ2n) is 7.15. The summed E-state index contributed by atoms with van der Waals surface area (Å²) in [4.78, 5) is 4.38. The lowest BCUT2D eigenvalue weighted by Gasteiger charge is -2.10. The molecule has 0 N–H and O–H groups in total. The summed E-state index contributed by atoms with van der Waals surface area (Å²) in [6.45, 7) is 8.23. The first-order chi connectivity index (χ1) is 13.5. The van der Waals surface area contributed by atoms with Crippen molar-refractivity contribution in [1.29, 1.82) is 0 Å². The van der Waals surface area contributed by atoms with Crippen molar-refractivity contribution in [2.45, 2.75) is 27.7 Å². The lowest BCUT2D eigenvalue weighted by molar-refractivity contribution is -0.425. The number of fused-ring (bicyclic) bond motifs is 3. The molecule has 0 spiro atoms. The molecular formula is C22H19IN3O2+. The van der Waals surface area contributed by atoms with Crippen molar-refractivity contribution in [3.8, 4) is 17.1 Å². The Labute approximate surface area is 176 Å². The fourth-order valence-corrected chi connectivity index (χ4v) is 4.57. The minimum atomic E-state index is 0.546. The Kier molecular flexibility index (Phi) is 3.87. The van der Waals surface area contributed by atoms with E-state index in [1.165, 1.54) is 16.8 Å². The standard InChI is InChI=1S/C22H19IN3O2/c1-12-8-9-16-19(28-21-20(16)27-15(4)24-21)17(12)22-25(10-11-26(22)23)18-13(2)6-5-7-14(18)3/h5-11H,1-4H3/q+1. The van der Waals surface area contributed by atoms with Gasteiger partial charge in [0.25, 0.3) is 5.71 Å². The third-order valence-electron chi connectivity index (χ3n) is 5.19. The molecule has 0 aliphatic heterocycles. The molecule has 0 atom stereocenters. The van der Waals surface area contributed by atoms with Crippen LogP contribution in [0.15, 0.2) is 51.6 Å². The number of aromatic nitrogens is 3. The largest absolute Gasteiger partial charge is 0.437 e. The van der Waals surface area contributed by atoms with Crippen LogP contribution in [0.4, 0.5) is 0 Å². The van der Waals surface area contributed by atoms with Crippen molar-refractivity contribution < 1.29 is 11.6 Å². The van der Waals surface area contributed by atoms with Gasteiger partial charge in [0.05, 0.1) is 5.39 Å². The zero-order chi connectivity index (χ0) is 19.6. The van der Waals surface area contributed by atoms with Crippen LogP contribution in [0.3, 0.4) is 0 Å². The second kappa shape index (κ2) is 6.20. The molecule has 6 heteroatoms. The third kappa shape index (κ3) is 2.44. The number of nitrogens with zero attached hydrogens (tertiary/aromatic N) is 3. The molecule has 5 rings (SSSR count). The van der Waals surface area contributed by atoms with Crippen LogP contribution in [-0.2, 0) is 0 Å². The first kappa shape index (κ1) is 17.5. The number of aryl methyl sites for hydroxylation is 4. The first-order valence-corrected chi connectivity index (χ1v) is 10.1. The van der Waals surface area contributed by atoms with Crippen LogP contribution in [0.5, 0.6) is 0 Å². The average Bonchev–Trinajstić information content (AvgIpc) is 3.28. The molecule has 28 heavy (non-hydrogen) atoms. The van der Waals surface area contributed by atoms with Crippen LogP contribution in [0, 0.1) is 27.7 Å². The van der Waals surface area contributed by atoms with Crippen molar-refractivity contribution in [3.05, 3.63) is 65.3 Å². The van der Waals surface area contributed by atoms with Crippen molar-refractivity contribution in [2.75, 3.05) is 0 Å². The Bertz CT molecular complexity index is 1350. The third-order valence-corrected chi connectivity index (χ3v) is 5.97. The monoisotopic (exact) mass is 484 g/mol. The Morgan fingerprint density at radius 2 is 1.68 bits per heavy atom. The maximum Gasteiger partial charge on any atom is 0.306 e. The van der Waals surface area contributed by atoms with Crippen molar-refractivity contribution in [3.63, 3.8) is 0 Å². The highest BCUT2D eigenvalue weighted by atomic mass is 127. The van der Waals surface area contributed by atoms with E-state index in [-0.39, 0.29) is 0 Å². The number of furan rings is 1. The predicted octanol–water partition coefficient (Wildman–Crippen LogP) is 5.75. The number of imidazole rings is 1. The molecule has 0 aliphatic carbocycles. The second-order valence-corrected chi connectivity index (χ2v) is 8.19. The molecular weight excluding hydrogens is 465 g/mol. The molecule has 0 radical (unpaired) electrons. The number of hydrogen-bond donors (Lipinski definition) is 0. The fourth-order valence-electron chi connectivity index (χ4n) is 3.95. The SMILES string of the molecule is Cc1nc2oc3c(-c4n(-c5c(C)cccc5C)cc[n+]4I)c(C)ccc3c2o1. The molecule has 0 fully saturated rings. The van der Waals surface area contributed by atoms with Gasteiger partial charge in [0.2, 0.25) is 28.4 Å². The molecule has 0 amide bonds.